The van der Waals surface area contributed by atoms with Crippen LogP contribution in [0.15, 0.2) is 53.1 Å². The SMILES string of the molecule is Cc1ccc(NC(=O)c2cnn(-c3ccc(Br)cc3)c2C)cc1C(=O)NC(C)C. The summed E-state index contributed by atoms with van der Waals surface area (Å²) in [6.07, 6.45) is 1.55. The molecule has 0 fully saturated rings. The van der Waals surface area contributed by atoms with Crippen molar-refractivity contribution in [1.29, 1.82) is 0 Å². The van der Waals surface area contributed by atoms with Crippen LogP contribution in [-0.2, 0) is 0 Å². The van der Waals surface area contributed by atoms with E-state index in [2.05, 4.69) is 31.7 Å². The van der Waals surface area contributed by atoms with E-state index in [9.17, 15) is 9.59 Å². The van der Waals surface area contributed by atoms with Crippen LogP contribution in [0.4, 0.5) is 5.69 Å². The number of aryl methyl sites for hydroxylation is 1. The first-order chi connectivity index (χ1) is 13.8. The van der Waals surface area contributed by atoms with Crippen molar-refractivity contribution in [2.45, 2.75) is 33.7 Å². The van der Waals surface area contributed by atoms with Gasteiger partial charge in [0.2, 0.25) is 0 Å². The number of aromatic nitrogens is 2. The maximum absolute atomic E-state index is 12.8. The first-order valence-corrected chi connectivity index (χ1v) is 10.1. The van der Waals surface area contributed by atoms with Gasteiger partial charge in [0.25, 0.3) is 11.8 Å². The van der Waals surface area contributed by atoms with E-state index in [1.54, 1.807) is 23.0 Å². The van der Waals surface area contributed by atoms with E-state index < -0.39 is 0 Å². The van der Waals surface area contributed by atoms with Crippen molar-refractivity contribution in [2.24, 2.45) is 0 Å². The average Bonchev–Trinajstić information content (AvgIpc) is 3.05. The molecule has 2 aromatic carbocycles. The lowest BCUT2D eigenvalue weighted by Gasteiger charge is -2.12. The van der Waals surface area contributed by atoms with Crippen molar-refractivity contribution in [3.8, 4) is 5.69 Å². The van der Waals surface area contributed by atoms with Crippen LogP contribution in [0.5, 0.6) is 0 Å². The third-order valence-corrected chi connectivity index (χ3v) is 5.01. The zero-order chi connectivity index (χ0) is 21.1. The molecule has 0 aliphatic carbocycles. The summed E-state index contributed by atoms with van der Waals surface area (Å²) in [6.45, 7) is 7.53. The molecule has 2 N–H and O–H groups in total. The van der Waals surface area contributed by atoms with Gasteiger partial charge in [0, 0.05) is 21.8 Å². The third-order valence-electron chi connectivity index (χ3n) is 4.49. The van der Waals surface area contributed by atoms with E-state index >= 15 is 0 Å². The van der Waals surface area contributed by atoms with Crippen LogP contribution in [0.1, 0.15) is 45.8 Å². The number of hydrogen-bond donors (Lipinski definition) is 2. The highest BCUT2D eigenvalue weighted by atomic mass is 79.9. The van der Waals surface area contributed by atoms with Gasteiger partial charge < -0.3 is 10.6 Å². The number of nitrogens with one attached hydrogen (secondary N) is 2. The van der Waals surface area contributed by atoms with Gasteiger partial charge in [0.05, 0.1) is 23.1 Å². The number of anilines is 1. The highest BCUT2D eigenvalue weighted by Crippen LogP contribution is 2.20. The molecule has 7 heteroatoms. The minimum atomic E-state index is -0.273. The van der Waals surface area contributed by atoms with E-state index in [4.69, 9.17) is 0 Å². The molecule has 0 atom stereocenters. The molecule has 1 aromatic heterocycles. The molecule has 29 heavy (non-hydrogen) atoms. The number of benzene rings is 2. The normalized spacial score (nSPS) is 10.8. The zero-order valence-corrected chi connectivity index (χ0v) is 18.4. The summed E-state index contributed by atoms with van der Waals surface area (Å²) < 4.78 is 2.69. The second-order valence-electron chi connectivity index (χ2n) is 7.14. The van der Waals surface area contributed by atoms with Crippen molar-refractivity contribution < 1.29 is 9.59 Å². The van der Waals surface area contributed by atoms with Crippen LogP contribution in [0.3, 0.4) is 0 Å². The third kappa shape index (κ3) is 4.74. The summed E-state index contributed by atoms with van der Waals surface area (Å²) in [7, 11) is 0. The van der Waals surface area contributed by atoms with Gasteiger partial charge in [-0.15, -0.1) is 0 Å². The van der Waals surface area contributed by atoms with E-state index in [-0.39, 0.29) is 17.9 Å². The van der Waals surface area contributed by atoms with Crippen molar-refractivity contribution in [3.05, 3.63) is 75.5 Å². The lowest BCUT2D eigenvalue weighted by Crippen LogP contribution is -2.30. The topological polar surface area (TPSA) is 76.0 Å². The Kier molecular flexibility index (Phi) is 6.17. The number of carbonyl (C=O) groups excluding carboxylic acids is 2. The molecular formula is C22H23BrN4O2. The van der Waals surface area contributed by atoms with Crippen LogP contribution < -0.4 is 10.6 Å². The second-order valence-corrected chi connectivity index (χ2v) is 8.06. The minimum Gasteiger partial charge on any atom is -0.350 e. The highest BCUT2D eigenvalue weighted by molar-refractivity contribution is 9.10. The molecule has 2 amide bonds. The van der Waals surface area contributed by atoms with E-state index in [1.165, 1.54) is 0 Å². The molecule has 0 saturated heterocycles. The fourth-order valence-corrected chi connectivity index (χ4v) is 3.22. The molecule has 1 heterocycles. The molecule has 3 aromatic rings. The van der Waals surface area contributed by atoms with Crippen LogP contribution in [0.2, 0.25) is 0 Å². The van der Waals surface area contributed by atoms with Crippen molar-refractivity contribution in [3.63, 3.8) is 0 Å². The minimum absolute atomic E-state index is 0.0345. The molecule has 0 radical (unpaired) electrons. The molecule has 0 saturated carbocycles. The number of rotatable bonds is 5. The molecule has 0 aliphatic rings. The molecule has 3 rings (SSSR count). The first kappa shape index (κ1) is 20.8. The Morgan fingerprint density at radius 1 is 1.00 bits per heavy atom. The zero-order valence-electron chi connectivity index (χ0n) is 16.8. The van der Waals surface area contributed by atoms with Gasteiger partial charge in [-0.05, 0) is 69.7 Å². The first-order valence-electron chi connectivity index (χ1n) is 9.29. The van der Waals surface area contributed by atoms with Crippen molar-refractivity contribution in [1.82, 2.24) is 15.1 Å². The summed E-state index contributed by atoms with van der Waals surface area (Å²) in [6, 6.07) is 13.0. The Morgan fingerprint density at radius 3 is 2.34 bits per heavy atom. The number of amides is 2. The summed E-state index contributed by atoms with van der Waals surface area (Å²) in [5, 5.41) is 10.1. The number of hydrogen-bond acceptors (Lipinski definition) is 3. The van der Waals surface area contributed by atoms with E-state index in [0.29, 0.717) is 16.8 Å². The Morgan fingerprint density at radius 2 is 1.69 bits per heavy atom. The van der Waals surface area contributed by atoms with Crippen LogP contribution in [0.25, 0.3) is 5.69 Å². The maximum atomic E-state index is 12.8. The van der Waals surface area contributed by atoms with Crippen LogP contribution in [-0.4, -0.2) is 27.6 Å². The van der Waals surface area contributed by atoms with Gasteiger partial charge in [-0.3, -0.25) is 9.59 Å². The molecule has 0 aliphatic heterocycles. The maximum Gasteiger partial charge on any atom is 0.259 e. The Hall–Kier alpha value is -2.93. The Bertz CT molecular complexity index is 1060. The van der Waals surface area contributed by atoms with Crippen LogP contribution in [0, 0.1) is 13.8 Å². The van der Waals surface area contributed by atoms with Gasteiger partial charge >= 0.3 is 0 Å². The molecule has 0 bridgehead atoms. The predicted octanol–water partition coefficient (Wildman–Crippen LogP) is 4.64. The molecular weight excluding hydrogens is 432 g/mol. The number of halogens is 1. The van der Waals surface area contributed by atoms with Gasteiger partial charge in [-0.25, -0.2) is 4.68 Å². The van der Waals surface area contributed by atoms with E-state index in [1.807, 2.05) is 58.0 Å². The molecule has 150 valence electrons. The predicted molar refractivity (Wildman–Crippen MR) is 118 cm³/mol. The lowest BCUT2D eigenvalue weighted by molar-refractivity contribution is 0.0941. The summed E-state index contributed by atoms with van der Waals surface area (Å²) in [5.41, 5.74) is 4.02. The summed E-state index contributed by atoms with van der Waals surface area (Å²) in [5.74, 6) is -0.433. The monoisotopic (exact) mass is 454 g/mol. The summed E-state index contributed by atoms with van der Waals surface area (Å²) in [4.78, 5) is 25.2. The smallest absolute Gasteiger partial charge is 0.259 e. The number of nitrogens with zero attached hydrogens (tertiary/aromatic N) is 2. The molecule has 6 nitrogen and oxygen atoms in total. The van der Waals surface area contributed by atoms with Gasteiger partial charge in [0.1, 0.15) is 0 Å². The Balaban J connectivity index is 1.82. The number of carbonyl (C=O) groups is 2. The van der Waals surface area contributed by atoms with Gasteiger partial charge in [0.15, 0.2) is 0 Å². The summed E-state index contributed by atoms with van der Waals surface area (Å²) >= 11 is 3.41. The van der Waals surface area contributed by atoms with Gasteiger partial charge in [-0.1, -0.05) is 22.0 Å². The fraction of sp³-hybridized carbons (Fsp3) is 0.227. The van der Waals surface area contributed by atoms with E-state index in [0.717, 1.165) is 21.4 Å². The fourth-order valence-electron chi connectivity index (χ4n) is 2.96. The lowest BCUT2D eigenvalue weighted by atomic mass is 10.1. The second kappa shape index (κ2) is 8.61. The van der Waals surface area contributed by atoms with Crippen molar-refractivity contribution in [2.75, 3.05) is 5.32 Å². The standard InChI is InChI=1S/C22H23BrN4O2/c1-13(2)25-21(28)19-11-17(8-5-14(19)3)26-22(29)20-12-24-27(15(20)4)18-9-6-16(23)7-10-18/h5-13H,1-4H3,(H,25,28)(H,26,29). The van der Waals surface area contributed by atoms with Crippen molar-refractivity contribution >= 4 is 33.4 Å². The largest absolute Gasteiger partial charge is 0.350 e. The average molecular weight is 455 g/mol. The quantitative estimate of drug-likeness (QED) is 0.589. The highest BCUT2D eigenvalue weighted by Gasteiger charge is 2.17. The molecule has 0 unspecified atom stereocenters. The Labute approximate surface area is 178 Å². The van der Waals surface area contributed by atoms with Crippen LogP contribution >= 0.6 is 15.9 Å². The molecule has 0 spiro atoms. The van der Waals surface area contributed by atoms with Gasteiger partial charge in [-0.2, -0.15) is 5.10 Å².